The second-order valence-electron chi connectivity index (χ2n) is 6.51. The lowest BCUT2D eigenvalue weighted by molar-refractivity contribution is 0.174. The van der Waals surface area contributed by atoms with E-state index in [1.807, 2.05) is 0 Å². The fraction of sp³-hybridized carbons (Fsp3) is 0.500. The Labute approximate surface area is 137 Å². The molecule has 5 heteroatoms. The molecule has 5 nitrogen and oxygen atoms in total. The lowest BCUT2D eigenvalue weighted by Gasteiger charge is -2.43. The maximum atomic E-state index is 5.60. The van der Waals surface area contributed by atoms with E-state index in [1.54, 1.807) is 0 Å². The Balaban J connectivity index is 1.84. The first-order valence-corrected chi connectivity index (χ1v) is 8.27. The van der Waals surface area contributed by atoms with Gasteiger partial charge in [0.05, 0.1) is 6.04 Å². The second-order valence-corrected chi connectivity index (χ2v) is 6.51. The molecule has 0 saturated carbocycles. The molecule has 1 aromatic rings. The van der Waals surface area contributed by atoms with Crippen molar-refractivity contribution in [1.29, 1.82) is 0 Å². The Bertz CT molecular complexity index is 681. The Morgan fingerprint density at radius 1 is 1.26 bits per heavy atom. The Morgan fingerprint density at radius 2 is 2.04 bits per heavy atom. The fourth-order valence-corrected chi connectivity index (χ4v) is 3.86. The van der Waals surface area contributed by atoms with Gasteiger partial charge in [0.25, 0.3) is 0 Å². The highest BCUT2D eigenvalue weighted by Crippen LogP contribution is 2.43. The highest BCUT2D eigenvalue weighted by Gasteiger charge is 2.39. The molecule has 3 atom stereocenters. The van der Waals surface area contributed by atoms with Gasteiger partial charge in [0.2, 0.25) is 6.79 Å². The third-order valence-electron chi connectivity index (χ3n) is 4.94. The molecule has 0 aromatic heterocycles. The zero-order valence-electron chi connectivity index (χ0n) is 13.9. The third kappa shape index (κ3) is 2.30. The number of nitrogens with one attached hydrogen (secondary N) is 1. The van der Waals surface area contributed by atoms with E-state index in [1.165, 1.54) is 5.56 Å². The minimum absolute atomic E-state index is 0.306. The van der Waals surface area contributed by atoms with Crippen LogP contribution in [0.1, 0.15) is 30.4 Å². The summed E-state index contributed by atoms with van der Waals surface area (Å²) in [6.07, 6.45) is 5.63. The van der Waals surface area contributed by atoms with Crippen LogP contribution in [0.3, 0.4) is 0 Å². The smallest absolute Gasteiger partial charge is 0.231 e. The summed E-state index contributed by atoms with van der Waals surface area (Å²) in [5.74, 6) is 3.08. The number of likely N-dealkylation sites (N-methyl/N-ethyl adjacent to an activating group) is 1. The molecular formula is C18H23N3O2. The van der Waals surface area contributed by atoms with Gasteiger partial charge in [-0.25, -0.2) is 0 Å². The Hall–Kier alpha value is -2.01. The number of fused-ring (bicyclic) bond motifs is 4. The summed E-state index contributed by atoms with van der Waals surface area (Å²) in [7, 11) is 4.26. The molecule has 1 aliphatic carbocycles. The van der Waals surface area contributed by atoms with Gasteiger partial charge in [0.1, 0.15) is 5.84 Å². The standard InChI is InChI=1S/C18H23N3O2/c1-4-19-18-13-9-16-15(22-10-23-16)8-12(13)11-6-5-7-14(21(2)3)17(11)20-18/h5,7-9,11,14,17H,4,6,10H2,1-3H3,(H,19,20)/t11-,14-,17?/m0/s1. The highest BCUT2D eigenvalue weighted by molar-refractivity contribution is 6.02. The molecule has 23 heavy (non-hydrogen) atoms. The van der Waals surface area contributed by atoms with Gasteiger partial charge in [-0.3, -0.25) is 4.99 Å². The van der Waals surface area contributed by atoms with Crippen LogP contribution in [0.4, 0.5) is 0 Å². The monoisotopic (exact) mass is 313 g/mol. The van der Waals surface area contributed by atoms with Crippen molar-refractivity contribution in [2.45, 2.75) is 31.3 Å². The maximum Gasteiger partial charge on any atom is 0.231 e. The van der Waals surface area contributed by atoms with E-state index in [2.05, 4.69) is 55.5 Å². The van der Waals surface area contributed by atoms with Crippen LogP contribution >= 0.6 is 0 Å². The molecule has 1 unspecified atom stereocenters. The van der Waals surface area contributed by atoms with Gasteiger partial charge >= 0.3 is 0 Å². The van der Waals surface area contributed by atoms with Crippen LogP contribution in [0.15, 0.2) is 29.3 Å². The first-order chi connectivity index (χ1) is 11.2. The molecule has 1 aromatic carbocycles. The fourth-order valence-electron chi connectivity index (χ4n) is 3.86. The summed E-state index contributed by atoms with van der Waals surface area (Å²) < 4.78 is 11.2. The molecule has 2 heterocycles. The Kier molecular flexibility index (Phi) is 3.53. The highest BCUT2D eigenvalue weighted by atomic mass is 16.7. The van der Waals surface area contributed by atoms with Gasteiger partial charge < -0.3 is 19.7 Å². The van der Waals surface area contributed by atoms with Crippen molar-refractivity contribution in [3.05, 3.63) is 35.4 Å². The van der Waals surface area contributed by atoms with E-state index in [0.717, 1.165) is 35.9 Å². The van der Waals surface area contributed by atoms with Crippen LogP contribution < -0.4 is 14.8 Å². The van der Waals surface area contributed by atoms with E-state index < -0.39 is 0 Å². The van der Waals surface area contributed by atoms with Crippen LogP contribution in [0.2, 0.25) is 0 Å². The molecule has 122 valence electrons. The minimum Gasteiger partial charge on any atom is -0.454 e. The van der Waals surface area contributed by atoms with Crippen LogP contribution in [-0.2, 0) is 0 Å². The average molecular weight is 313 g/mol. The number of hydrogen-bond acceptors (Lipinski definition) is 4. The normalized spacial score (nSPS) is 29.4. The van der Waals surface area contributed by atoms with E-state index in [9.17, 15) is 0 Å². The van der Waals surface area contributed by atoms with Crippen LogP contribution in [-0.4, -0.2) is 50.3 Å². The van der Waals surface area contributed by atoms with Crippen LogP contribution in [0, 0.1) is 0 Å². The van der Waals surface area contributed by atoms with Crippen molar-refractivity contribution in [3.8, 4) is 11.5 Å². The summed E-state index contributed by atoms with van der Waals surface area (Å²) in [6.45, 7) is 3.13. The van der Waals surface area contributed by atoms with E-state index in [4.69, 9.17) is 14.5 Å². The quantitative estimate of drug-likeness (QED) is 0.850. The summed E-state index contributed by atoms with van der Waals surface area (Å²) in [4.78, 5) is 6.97. The summed E-state index contributed by atoms with van der Waals surface area (Å²) in [6, 6.07) is 4.92. The summed E-state index contributed by atoms with van der Waals surface area (Å²) in [5, 5.41) is 3.70. The maximum absolute atomic E-state index is 5.60. The topological polar surface area (TPSA) is 46.1 Å². The van der Waals surface area contributed by atoms with Gasteiger partial charge in [0, 0.05) is 24.1 Å². The second kappa shape index (κ2) is 5.57. The average Bonchev–Trinajstić information content (AvgIpc) is 3.00. The van der Waals surface area contributed by atoms with Gasteiger partial charge in [-0.15, -0.1) is 0 Å². The minimum atomic E-state index is 0.306. The lowest BCUT2D eigenvalue weighted by atomic mass is 9.75. The van der Waals surface area contributed by atoms with Crippen LogP contribution in [0.25, 0.3) is 0 Å². The summed E-state index contributed by atoms with van der Waals surface area (Å²) >= 11 is 0. The van der Waals surface area contributed by atoms with Crippen molar-refractivity contribution in [3.63, 3.8) is 0 Å². The number of aliphatic imine (C=N–C) groups is 1. The molecule has 2 aliphatic heterocycles. The number of allylic oxidation sites excluding steroid dienone is 1. The SMILES string of the molecule is CCN=C1NC2[C@@H](CC=C[C@@H]2N(C)C)c2cc3c(cc21)OCO3. The number of benzene rings is 1. The van der Waals surface area contributed by atoms with Crippen molar-refractivity contribution >= 4 is 5.84 Å². The molecule has 3 aliphatic rings. The first kappa shape index (κ1) is 14.6. The van der Waals surface area contributed by atoms with Crippen molar-refractivity contribution in [2.24, 2.45) is 4.99 Å². The predicted molar refractivity (Wildman–Crippen MR) is 90.5 cm³/mol. The largest absolute Gasteiger partial charge is 0.454 e. The third-order valence-corrected chi connectivity index (χ3v) is 4.94. The first-order valence-electron chi connectivity index (χ1n) is 8.27. The van der Waals surface area contributed by atoms with E-state index in [-0.39, 0.29) is 0 Å². The molecule has 4 rings (SSSR count). The number of amidine groups is 1. The molecule has 0 bridgehead atoms. The van der Waals surface area contributed by atoms with Gasteiger partial charge in [-0.05, 0) is 45.1 Å². The predicted octanol–water partition coefficient (Wildman–Crippen LogP) is 2.13. The molecule has 0 radical (unpaired) electrons. The van der Waals surface area contributed by atoms with E-state index in [0.29, 0.717) is 24.8 Å². The molecule has 0 spiro atoms. The number of ether oxygens (including phenoxy) is 2. The van der Waals surface area contributed by atoms with Crippen molar-refractivity contribution in [2.75, 3.05) is 27.4 Å². The Morgan fingerprint density at radius 3 is 2.78 bits per heavy atom. The van der Waals surface area contributed by atoms with Gasteiger partial charge in [-0.2, -0.15) is 0 Å². The summed E-state index contributed by atoms with van der Waals surface area (Å²) in [5.41, 5.74) is 2.48. The van der Waals surface area contributed by atoms with E-state index >= 15 is 0 Å². The number of rotatable bonds is 2. The van der Waals surface area contributed by atoms with Crippen molar-refractivity contribution < 1.29 is 9.47 Å². The van der Waals surface area contributed by atoms with Gasteiger partial charge in [0.15, 0.2) is 11.5 Å². The molecule has 0 saturated heterocycles. The molecule has 0 fully saturated rings. The molecule has 0 amide bonds. The number of nitrogens with zero attached hydrogens (tertiary/aromatic N) is 2. The van der Waals surface area contributed by atoms with Gasteiger partial charge in [-0.1, -0.05) is 12.2 Å². The zero-order chi connectivity index (χ0) is 16.0. The van der Waals surface area contributed by atoms with Crippen LogP contribution in [0.5, 0.6) is 11.5 Å². The number of hydrogen-bond donors (Lipinski definition) is 1. The molecule has 1 N–H and O–H groups in total. The zero-order valence-corrected chi connectivity index (χ0v) is 13.9. The van der Waals surface area contributed by atoms with Crippen molar-refractivity contribution in [1.82, 2.24) is 10.2 Å². The molecular weight excluding hydrogens is 290 g/mol. The lowest BCUT2D eigenvalue weighted by Crippen LogP contribution is -2.56.